The van der Waals surface area contributed by atoms with E-state index in [0.717, 1.165) is 64.5 Å². The predicted octanol–water partition coefficient (Wildman–Crippen LogP) is 6.46. The number of carbonyl (C=O) groups is 1. The summed E-state index contributed by atoms with van der Waals surface area (Å²) in [5, 5.41) is 21.2. The van der Waals surface area contributed by atoms with Crippen LogP contribution in [0.2, 0.25) is 0 Å². The van der Waals surface area contributed by atoms with Gasteiger partial charge < -0.3 is 39.9 Å². The lowest BCUT2D eigenvalue weighted by Crippen LogP contribution is -2.73. The first-order valence-electron chi connectivity index (χ1n) is 20.2. The molecule has 3 aromatic rings. The van der Waals surface area contributed by atoms with E-state index in [1.807, 2.05) is 44.4 Å². The van der Waals surface area contributed by atoms with Gasteiger partial charge in [-0.25, -0.2) is 18.0 Å². The third-order valence-electron chi connectivity index (χ3n) is 11.6. The number of amides is 1. The van der Waals surface area contributed by atoms with E-state index in [-0.39, 0.29) is 28.7 Å². The Balaban J connectivity index is 0.000000151. The van der Waals surface area contributed by atoms with Gasteiger partial charge in [0.05, 0.1) is 39.0 Å². The van der Waals surface area contributed by atoms with Crippen molar-refractivity contribution in [1.82, 2.24) is 14.7 Å². The van der Waals surface area contributed by atoms with Crippen LogP contribution >= 0.6 is 0 Å². The molecule has 1 amide bonds. The van der Waals surface area contributed by atoms with Crippen molar-refractivity contribution in [2.75, 3.05) is 113 Å². The Morgan fingerprint density at radius 2 is 0.950 bits per heavy atom. The van der Waals surface area contributed by atoms with E-state index in [1.54, 1.807) is 17.0 Å². The number of benzene rings is 3. The molecule has 0 atom stereocenters. The number of hydrogen-bond acceptors (Lipinski definition) is 12. The molecule has 0 unspecified atom stereocenters. The molecule has 15 nitrogen and oxygen atoms in total. The molecule has 9 rings (SSSR count). The van der Waals surface area contributed by atoms with Gasteiger partial charge in [-0.3, -0.25) is 20.2 Å². The first-order valence-corrected chi connectivity index (χ1v) is 20.2. The molecule has 6 fully saturated rings. The zero-order valence-corrected chi connectivity index (χ0v) is 35.4. The van der Waals surface area contributed by atoms with E-state index in [2.05, 4.69) is 28.8 Å². The van der Waals surface area contributed by atoms with Crippen molar-refractivity contribution in [3.63, 3.8) is 0 Å². The van der Waals surface area contributed by atoms with Gasteiger partial charge in [0.1, 0.15) is 11.4 Å². The Labute approximate surface area is 348 Å². The molecular weight excluding hydrogens is 784 g/mol. The molecule has 6 saturated heterocycles. The number of rotatable bonds is 5. The lowest BCUT2D eigenvalue weighted by atomic mass is 9.73. The fraction of sp³-hybridized carbons (Fsp3) is 0.548. The highest BCUT2D eigenvalue weighted by atomic mass is 19.1. The number of nitrogen functional groups attached to an aromatic ring is 1. The minimum Gasteiger partial charge on any atom is -0.444 e. The van der Waals surface area contributed by atoms with Crippen LogP contribution in [0.1, 0.15) is 34.6 Å². The van der Waals surface area contributed by atoms with E-state index in [4.69, 9.17) is 10.5 Å². The van der Waals surface area contributed by atoms with E-state index in [0.29, 0.717) is 59.8 Å². The molecule has 3 spiro atoms. The number of nitrogens with two attached hydrogens (primary N) is 1. The van der Waals surface area contributed by atoms with Gasteiger partial charge in [0.2, 0.25) is 0 Å². The van der Waals surface area contributed by atoms with Crippen LogP contribution in [0.3, 0.4) is 0 Å². The molecule has 2 N–H and O–H groups in total. The van der Waals surface area contributed by atoms with Crippen molar-refractivity contribution in [3.8, 4) is 0 Å². The number of hydrogen-bond donors (Lipinski definition) is 1. The first kappa shape index (κ1) is 44.2. The highest BCUT2D eigenvalue weighted by Crippen LogP contribution is 2.45. The number of halogens is 3. The number of non-ortho nitro benzene ring substituents is 2. The molecule has 0 aromatic heterocycles. The van der Waals surface area contributed by atoms with Crippen LogP contribution < -0.4 is 20.4 Å². The van der Waals surface area contributed by atoms with Gasteiger partial charge in [0.15, 0.2) is 11.6 Å². The van der Waals surface area contributed by atoms with Crippen LogP contribution in [-0.4, -0.2) is 129 Å². The number of ether oxygens (including phenoxy) is 1. The molecule has 0 bridgehead atoms. The van der Waals surface area contributed by atoms with E-state index >= 15 is 0 Å². The number of carbonyl (C=O) groups excluding carboxylic acids is 1. The summed E-state index contributed by atoms with van der Waals surface area (Å²) in [6.45, 7) is 19.9. The molecule has 60 heavy (non-hydrogen) atoms. The molecule has 6 aliphatic heterocycles. The average Bonchev–Trinajstić information content (AvgIpc) is 3.07. The molecule has 0 aliphatic carbocycles. The zero-order chi connectivity index (χ0) is 43.9. The van der Waals surface area contributed by atoms with Gasteiger partial charge >= 0.3 is 6.09 Å². The van der Waals surface area contributed by atoms with Crippen molar-refractivity contribution in [1.29, 1.82) is 0 Å². The summed E-state index contributed by atoms with van der Waals surface area (Å²) < 4.78 is 46.8. The Morgan fingerprint density at radius 3 is 1.25 bits per heavy atom. The molecule has 0 radical (unpaired) electrons. The van der Waals surface area contributed by atoms with Crippen LogP contribution in [0.25, 0.3) is 0 Å². The maximum atomic E-state index is 14.0. The summed E-state index contributed by atoms with van der Waals surface area (Å²) in [6.07, 6.45) is -0.326. The van der Waals surface area contributed by atoms with Gasteiger partial charge in [-0.1, -0.05) is 13.8 Å². The van der Waals surface area contributed by atoms with E-state index < -0.39 is 27.1 Å². The molecule has 326 valence electrons. The maximum Gasteiger partial charge on any atom is 0.410 e. The average molecular weight is 840 g/mol. The number of anilines is 4. The molecule has 6 heterocycles. The Morgan fingerprint density at radius 1 is 0.617 bits per heavy atom. The van der Waals surface area contributed by atoms with Crippen molar-refractivity contribution in [2.45, 2.75) is 40.2 Å². The fourth-order valence-electron chi connectivity index (χ4n) is 9.33. The topological polar surface area (TPSA) is 158 Å². The summed E-state index contributed by atoms with van der Waals surface area (Å²) in [6, 6.07) is 12.5. The van der Waals surface area contributed by atoms with Crippen LogP contribution in [0.15, 0.2) is 54.6 Å². The van der Waals surface area contributed by atoms with Gasteiger partial charge in [0, 0.05) is 113 Å². The smallest absolute Gasteiger partial charge is 0.410 e. The molecule has 18 heteroatoms. The van der Waals surface area contributed by atoms with Gasteiger partial charge in [-0.15, -0.1) is 0 Å². The largest absolute Gasteiger partial charge is 0.444 e. The highest BCUT2D eigenvalue weighted by molar-refractivity contribution is 5.70. The molecule has 6 aliphatic rings. The molecule has 3 aromatic carbocycles. The molecular formula is C42H56F3N9O6. The fourth-order valence-corrected chi connectivity index (χ4v) is 9.33. The summed E-state index contributed by atoms with van der Waals surface area (Å²) in [7, 11) is 4.19. The lowest BCUT2D eigenvalue weighted by molar-refractivity contribution is -0.385. The minimum atomic E-state index is -0.616. The SMILES string of the molecule is CC.CC(C)(C)OC(=O)N1CC2(C1)CN(c1ccc([N+](=O)[O-])cc1F)C2.CN1CC2(C1)CN(c1ccc(N)cc1F)C2.CN1CC2(C1)CN(c1ccc([N+](=O)[O-])cc1F)C2. The van der Waals surface area contributed by atoms with Crippen LogP contribution in [0, 0.1) is 53.9 Å². The number of nitro groups is 2. The van der Waals surface area contributed by atoms with E-state index in [9.17, 15) is 38.2 Å². The van der Waals surface area contributed by atoms with Gasteiger partial charge in [-0.2, -0.15) is 0 Å². The van der Waals surface area contributed by atoms with Crippen molar-refractivity contribution < 1.29 is 32.5 Å². The quantitative estimate of drug-likeness (QED) is 0.170. The third kappa shape index (κ3) is 9.33. The monoisotopic (exact) mass is 839 g/mol. The number of nitrogens with zero attached hydrogens (tertiary/aromatic N) is 8. The minimum absolute atomic E-state index is 0.0227. The second-order valence-electron chi connectivity index (χ2n) is 18.2. The first-order chi connectivity index (χ1) is 28.2. The summed E-state index contributed by atoms with van der Waals surface area (Å²) in [4.78, 5) is 44.0. The summed E-state index contributed by atoms with van der Waals surface area (Å²) in [5.74, 6) is -1.31. The van der Waals surface area contributed by atoms with Gasteiger partial charge in [-0.05, 0) is 65.2 Å². The number of likely N-dealkylation sites (tertiary alicyclic amines) is 3. The van der Waals surface area contributed by atoms with Crippen molar-refractivity contribution >= 4 is 40.2 Å². The van der Waals surface area contributed by atoms with Crippen LogP contribution in [-0.2, 0) is 4.74 Å². The second kappa shape index (κ2) is 16.6. The van der Waals surface area contributed by atoms with Crippen LogP contribution in [0.4, 0.5) is 52.1 Å². The summed E-state index contributed by atoms with van der Waals surface area (Å²) >= 11 is 0. The van der Waals surface area contributed by atoms with Gasteiger partial charge in [0.25, 0.3) is 11.4 Å². The standard InChI is InChI=1S/C16H20FN3O4.C12H14FN3O2.C12H16FN3.C2H6/c1-15(2,3)24-14(21)19-9-16(10-19)7-18(8-16)13-5-4-11(20(22)23)6-12(13)17;1-14-5-12(6-14)7-15(8-12)11-3-2-9(16(17)18)4-10(11)13;1-15-5-12(6-15)7-16(8-12)11-3-2-9(14)4-10(11)13;1-2/h4-6H,7-10H2,1-3H3;2-4H,5-8H2,1H3;2-4H,5-8,14H2,1H3;1-2H3. The second-order valence-corrected chi connectivity index (χ2v) is 18.2. The normalized spacial score (nSPS) is 20.2. The Bertz CT molecular complexity index is 2080. The number of nitro benzene ring substituents is 2. The zero-order valence-electron chi connectivity index (χ0n) is 35.4. The Kier molecular flexibility index (Phi) is 12.2. The van der Waals surface area contributed by atoms with Crippen LogP contribution in [0.5, 0.6) is 0 Å². The Hall–Kier alpha value is -5.36. The predicted molar refractivity (Wildman–Crippen MR) is 225 cm³/mol. The van der Waals surface area contributed by atoms with Crippen molar-refractivity contribution in [3.05, 3.63) is 92.3 Å². The molecule has 0 saturated carbocycles. The highest BCUT2D eigenvalue weighted by Gasteiger charge is 2.55. The van der Waals surface area contributed by atoms with E-state index in [1.165, 1.54) is 30.3 Å². The maximum absolute atomic E-state index is 14.0. The lowest BCUT2D eigenvalue weighted by Gasteiger charge is -2.60. The third-order valence-corrected chi connectivity index (χ3v) is 11.6. The van der Waals surface area contributed by atoms with Crippen molar-refractivity contribution in [2.24, 2.45) is 16.2 Å². The summed E-state index contributed by atoms with van der Waals surface area (Å²) in [5.41, 5.74) is 7.30.